The molecule has 1 saturated heterocycles. The molecular formula is C45H73F6N. The van der Waals surface area contributed by atoms with E-state index in [1.165, 1.54) is 92.6 Å². The van der Waals surface area contributed by atoms with E-state index in [9.17, 15) is 26.3 Å². The van der Waals surface area contributed by atoms with E-state index in [4.69, 9.17) is 0 Å². The number of unbranched alkanes of at least 4 members (excludes halogenated alkanes) is 3. The lowest BCUT2D eigenvalue weighted by atomic mass is 9.96. The molecule has 300 valence electrons. The van der Waals surface area contributed by atoms with Crippen LogP contribution in [0, 0.1) is 25.7 Å². The highest BCUT2D eigenvalue weighted by atomic mass is 19.4. The van der Waals surface area contributed by atoms with Gasteiger partial charge in [0.05, 0.1) is 0 Å². The number of hydrogen-bond acceptors (Lipinski definition) is 1. The predicted octanol–water partition coefficient (Wildman–Crippen LogP) is 16.5. The van der Waals surface area contributed by atoms with Crippen molar-refractivity contribution >= 4 is 5.69 Å². The Morgan fingerprint density at radius 2 is 1.37 bits per heavy atom. The second-order valence-electron chi connectivity index (χ2n) is 13.4. The van der Waals surface area contributed by atoms with E-state index in [0.717, 1.165) is 19.3 Å². The number of nitrogens with zero attached hydrogens (tertiary/aromatic N) is 1. The molecule has 52 heavy (non-hydrogen) atoms. The summed E-state index contributed by atoms with van der Waals surface area (Å²) < 4.78 is 70.2. The molecule has 0 saturated carbocycles. The van der Waals surface area contributed by atoms with Crippen molar-refractivity contribution < 1.29 is 26.3 Å². The van der Waals surface area contributed by atoms with Gasteiger partial charge in [-0.3, -0.25) is 0 Å². The first-order chi connectivity index (χ1) is 24.3. The predicted molar refractivity (Wildman–Crippen MR) is 218 cm³/mol. The van der Waals surface area contributed by atoms with Gasteiger partial charge in [-0.1, -0.05) is 148 Å². The Kier molecular flexibility index (Phi) is 31.3. The summed E-state index contributed by atoms with van der Waals surface area (Å²) in [5.74, 6) is 0.579. The molecule has 2 atom stereocenters. The average molecular weight is 742 g/mol. The molecule has 1 aliphatic heterocycles. The molecule has 0 aromatic heterocycles. The summed E-state index contributed by atoms with van der Waals surface area (Å²) in [6, 6.07) is 15.8. The van der Waals surface area contributed by atoms with Crippen molar-refractivity contribution in [2.75, 3.05) is 18.0 Å². The third-order valence-electron chi connectivity index (χ3n) is 8.15. The van der Waals surface area contributed by atoms with E-state index in [0.29, 0.717) is 6.42 Å². The normalized spacial score (nSPS) is 14.7. The van der Waals surface area contributed by atoms with Crippen LogP contribution in [-0.2, 0) is 0 Å². The van der Waals surface area contributed by atoms with Crippen molar-refractivity contribution in [3.8, 4) is 11.1 Å². The average Bonchev–Trinajstić information content (AvgIpc) is 3.08. The van der Waals surface area contributed by atoms with E-state index in [2.05, 4.69) is 95.1 Å². The summed E-state index contributed by atoms with van der Waals surface area (Å²) in [5.41, 5.74) is 6.36. The number of halogens is 6. The molecule has 0 radical (unpaired) electrons. The minimum absolute atomic E-state index is 0.174. The van der Waals surface area contributed by atoms with Gasteiger partial charge in [-0.05, 0) is 82.1 Å². The van der Waals surface area contributed by atoms with E-state index < -0.39 is 24.3 Å². The largest absolute Gasteiger partial charge is 0.412 e. The standard InChI is InChI=1S/C20H25N.C7H9F3.C7H13F3.C6H14.C3H6.C2H6/c1-15-6-9-18(10-7-15)19-11-8-16(2)13-20(19)21-12-4-5-17(3)14-21;1-4-5(2)6(3)7(8,9)10;1-3-4-6(2)5-7(8,9)10;1-3-5-6-4-2;1-3-2;1-2/h6-11,13,17H,4-5,12,14H2,1-3H3;4H,1H2,2-3H3;6H,3-5H2,1-2H3;3-6H2,1-2H3;3H,1H2,2H3;1-2H3/b;6-5+;;;;. The van der Waals surface area contributed by atoms with Crippen molar-refractivity contribution in [2.45, 2.75) is 153 Å². The van der Waals surface area contributed by atoms with Crippen molar-refractivity contribution in [1.82, 2.24) is 0 Å². The number of alkyl halides is 6. The zero-order chi connectivity index (χ0) is 40.9. The topological polar surface area (TPSA) is 3.24 Å². The maximum absolute atomic E-state index is 11.8. The van der Waals surface area contributed by atoms with Crippen LogP contribution >= 0.6 is 0 Å². The van der Waals surface area contributed by atoms with Gasteiger partial charge in [0.2, 0.25) is 0 Å². The van der Waals surface area contributed by atoms with Gasteiger partial charge in [0.1, 0.15) is 0 Å². The van der Waals surface area contributed by atoms with Crippen LogP contribution in [0.2, 0.25) is 0 Å². The lowest BCUT2D eigenvalue weighted by Gasteiger charge is -2.34. The number of benzene rings is 2. The molecule has 2 aromatic carbocycles. The number of rotatable bonds is 9. The molecule has 0 N–H and O–H groups in total. The van der Waals surface area contributed by atoms with Crippen LogP contribution in [-0.4, -0.2) is 25.4 Å². The van der Waals surface area contributed by atoms with E-state index >= 15 is 0 Å². The zero-order valence-corrected chi connectivity index (χ0v) is 34.8. The molecule has 0 aliphatic carbocycles. The molecule has 1 aliphatic rings. The Hall–Kier alpha value is -2.96. The van der Waals surface area contributed by atoms with E-state index in [1.807, 2.05) is 27.7 Å². The first-order valence-electron chi connectivity index (χ1n) is 19.2. The van der Waals surface area contributed by atoms with Crippen molar-refractivity contribution in [1.29, 1.82) is 0 Å². The van der Waals surface area contributed by atoms with E-state index in [-0.39, 0.29) is 11.5 Å². The highest BCUT2D eigenvalue weighted by Crippen LogP contribution is 2.34. The summed E-state index contributed by atoms with van der Waals surface area (Å²) in [4.78, 5) is 2.58. The third-order valence-corrected chi connectivity index (χ3v) is 8.15. The van der Waals surface area contributed by atoms with Crippen LogP contribution in [0.3, 0.4) is 0 Å². The van der Waals surface area contributed by atoms with Gasteiger partial charge in [-0.15, -0.1) is 6.58 Å². The van der Waals surface area contributed by atoms with Crippen LogP contribution in [0.5, 0.6) is 0 Å². The van der Waals surface area contributed by atoms with Crippen LogP contribution in [0.15, 0.2) is 78.9 Å². The molecule has 0 bridgehead atoms. The van der Waals surface area contributed by atoms with Gasteiger partial charge in [0.15, 0.2) is 0 Å². The maximum Gasteiger partial charge on any atom is 0.412 e. The number of anilines is 1. The molecule has 1 fully saturated rings. The molecule has 7 heteroatoms. The lowest BCUT2D eigenvalue weighted by Crippen LogP contribution is -2.34. The first-order valence-corrected chi connectivity index (χ1v) is 19.2. The third kappa shape index (κ3) is 26.8. The lowest BCUT2D eigenvalue weighted by molar-refractivity contribution is -0.143. The van der Waals surface area contributed by atoms with Gasteiger partial charge in [0.25, 0.3) is 0 Å². The monoisotopic (exact) mass is 742 g/mol. The van der Waals surface area contributed by atoms with Crippen molar-refractivity contribution in [3.05, 3.63) is 90.0 Å². The fourth-order valence-corrected chi connectivity index (χ4v) is 5.16. The second kappa shape index (κ2) is 30.5. The van der Waals surface area contributed by atoms with Crippen LogP contribution in [0.1, 0.15) is 138 Å². The minimum atomic E-state index is -4.21. The Morgan fingerprint density at radius 1 is 0.865 bits per heavy atom. The summed E-state index contributed by atoms with van der Waals surface area (Å²) >= 11 is 0. The van der Waals surface area contributed by atoms with Crippen LogP contribution in [0.4, 0.5) is 32.0 Å². The molecular weight excluding hydrogens is 668 g/mol. The van der Waals surface area contributed by atoms with Gasteiger partial charge in [-0.2, -0.15) is 26.3 Å². The SMILES string of the molecule is C=C/C(C)=C(\C)C(F)(F)F.C=CC.CC.CCCC(C)CC(F)(F)F.CCCCCC.Cc1ccc(-c2ccc(C)cc2N2CCCC(C)C2)cc1. The zero-order valence-electron chi connectivity index (χ0n) is 34.8. The van der Waals surface area contributed by atoms with Crippen molar-refractivity contribution in [2.24, 2.45) is 11.8 Å². The van der Waals surface area contributed by atoms with Crippen LogP contribution in [0.25, 0.3) is 11.1 Å². The van der Waals surface area contributed by atoms with Gasteiger partial charge in [0, 0.05) is 36.3 Å². The van der Waals surface area contributed by atoms with Gasteiger partial charge in [-0.25, -0.2) is 0 Å². The molecule has 1 nitrogen and oxygen atoms in total. The molecule has 3 rings (SSSR count). The van der Waals surface area contributed by atoms with Gasteiger partial charge < -0.3 is 4.90 Å². The Balaban J connectivity index is -0.000000657. The van der Waals surface area contributed by atoms with Crippen molar-refractivity contribution in [3.63, 3.8) is 0 Å². The first kappa shape index (κ1) is 53.4. The smallest absolute Gasteiger partial charge is 0.371 e. The number of piperidine rings is 1. The molecule has 1 heterocycles. The molecule has 2 unspecified atom stereocenters. The second-order valence-corrected chi connectivity index (χ2v) is 13.4. The highest BCUT2D eigenvalue weighted by Gasteiger charge is 2.31. The highest BCUT2D eigenvalue weighted by molar-refractivity contribution is 5.79. The van der Waals surface area contributed by atoms with E-state index in [1.54, 1.807) is 13.0 Å². The minimum Gasteiger partial charge on any atom is -0.371 e. The fraction of sp³-hybridized carbons (Fsp3) is 0.600. The van der Waals surface area contributed by atoms with Gasteiger partial charge >= 0.3 is 12.4 Å². The van der Waals surface area contributed by atoms with Crippen LogP contribution < -0.4 is 4.90 Å². The number of allylic oxidation sites excluding steroid dienone is 4. The summed E-state index contributed by atoms with van der Waals surface area (Å²) in [7, 11) is 0. The quantitative estimate of drug-likeness (QED) is 0.107. The molecule has 0 amide bonds. The maximum atomic E-state index is 11.8. The Labute approximate surface area is 315 Å². The number of hydrogen-bond donors (Lipinski definition) is 0. The fourth-order valence-electron chi connectivity index (χ4n) is 5.16. The molecule has 0 spiro atoms. The summed E-state index contributed by atoms with van der Waals surface area (Å²) in [6.45, 7) is 32.0. The summed E-state index contributed by atoms with van der Waals surface area (Å²) in [5, 5.41) is 0. The summed E-state index contributed by atoms with van der Waals surface area (Å²) in [6.07, 6.45) is 3.83. The Bertz CT molecular complexity index is 1200. The number of aryl methyl sites for hydroxylation is 2. The molecule has 2 aromatic rings. The Morgan fingerprint density at radius 3 is 1.75 bits per heavy atom.